The van der Waals surface area contributed by atoms with E-state index < -0.39 is 0 Å². The Kier molecular flexibility index (Phi) is 7.84. The molecular formula is C55H40N2O. The lowest BCUT2D eigenvalue weighted by molar-refractivity contribution is 0.661. The maximum absolute atomic E-state index is 6.30. The topological polar surface area (TPSA) is 19.6 Å². The van der Waals surface area contributed by atoms with Crippen LogP contribution in [0.15, 0.2) is 211 Å². The van der Waals surface area contributed by atoms with Crippen molar-refractivity contribution in [3.8, 4) is 22.3 Å². The number of hydrogen-bond donors (Lipinski definition) is 0. The highest BCUT2D eigenvalue weighted by atomic mass is 16.3. The van der Waals surface area contributed by atoms with E-state index in [4.69, 9.17) is 4.42 Å². The second-order valence-electron chi connectivity index (χ2n) is 15.8. The summed E-state index contributed by atoms with van der Waals surface area (Å²) in [4.78, 5) is 4.66. The minimum absolute atomic E-state index is 0.126. The molecule has 0 spiro atoms. The molecule has 1 heterocycles. The number of hydrogen-bond acceptors (Lipinski definition) is 3. The fourth-order valence-electron chi connectivity index (χ4n) is 9.14. The number of nitrogens with zero attached hydrogens (tertiary/aromatic N) is 2. The van der Waals surface area contributed by atoms with E-state index in [2.05, 4.69) is 218 Å². The molecule has 0 fully saturated rings. The summed E-state index contributed by atoms with van der Waals surface area (Å²) in [6, 6.07) is 74.2. The number of furan rings is 1. The van der Waals surface area contributed by atoms with Gasteiger partial charge in [-0.1, -0.05) is 135 Å². The highest BCUT2D eigenvalue weighted by Gasteiger charge is 2.37. The van der Waals surface area contributed by atoms with Crippen LogP contribution in [-0.4, -0.2) is 0 Å². The lowest BCUT2D eigenvalue weighted by atomic mass is 9.82. The van der Waals surface area contributed by atoms with E-state index in [-0.39, 0.29) is 5.41 Å². The fourth-order valence-corrected chi connectivity index (χ4v) is 9.14. The number of rotatable bonds is 7. The monoisotopic (exact) mass is 744 g/mol. The first-order valence-electron chi connectivity index (χ1n) is 20.0. The zero-order chi connectivity index (χ0) is 38.8. The summed E-state index contributed by atoms with van der Waals surface area (Å²) in [5, 5.41) is 4.86. The average molecular weight is 745 g/mol. The molecule has 1 aliphatic rings. The van der Waals surface area contributed by atoms with Crippen LogP contribution in [-0.2, 0) is 5.41 Å². The standard InChI is InChI=1S/C55H40N2O/c1-55(2)50-34-25-39-13-9-10-18-46(39)54(50)49-33-31-44(35-51(49)55)56(40-14-5-3-6-15-40)42-26-21-37(22-27-42)38-23-28-43(29-24-38)57(41-16-7-4-8-17-41)45-30-32-48-47-19-11-12-20-52(47)58-53(48)36-45/h3-36H,1-2H3. The molecule has 0 saturated carbocycles. The van der Waals surface area contributed by atoms with E-state index in [0.29, 0.717) is 0 Å². The summed E-state index contributed by atoms with van der Waals surface area (Å²) < 4.78 is 6.30. The van der Waals surface area contributed by atoms with Gasteiger partial charge in [-0.05, 0) is 123 Å². The SMILES string of the molecule is CC1(C)c2cc(N(c3ccccc3)c3ccc(-c4ccc(N(c5ccccc5)c5ccc6c(c5)oc5ccccc56)cc4)cc3)ccc2-c2c1ccc1ccccc21. The van der Waals surface area contributed by atoms with Gasteiger partial charge in [0.15, 0.2) is 0 Å². The van der Waals surface area contributed by atoms with Gasteiger partial charge < -0.3 is 14.2 Å². The molecule has 276 valence electrons. The van der Waals surface area contributed by atoms with Gasteiger partial charge in [-0.2, -0.15) is 0 Å². The summed E-state index contributed by atoms with van der Waals surface area (Å²) >= 11 is 0. The first kappa shape index (κ1) is 33.9. The third-order valence-electron chi connectivity index (χ3n) is 12.0. The average Bonchev–Trinajstić information content (AvgIpc) is 3.76. The highest BCUT2D eigenvalue weighted by molar-refractivity contribution is 6.06. The molecule has 0 N–H and O–H groups in total. The van der Waals surface area contributed by atoms with Gasteiger partial charge in [0.25, 0.3) is 0 Å². The Hall–Kier alpha value is -7.36. The van der Waals surface area contributed by atoms with Crippen molar-refractivity contribution < 1.29 is 4.42 Å². The second kappa shape index (κ2) is 13.4. The number of benzene rings is 9. The summed E-state index contributed by atoms with van der Waals surface area (Å²) in [5.41, 5.74) is 16.0. The molecule has 1 aliphatic carbocycles. The molecule has 0 bridgehead atoms. The molecule has 9 aromatic carbocycles. The van der Waals surface area contributed by atoms with E-state index in [1.165, 1.54) is 33.0 Å². The number of para-hydroxylation sites is 3. The minimum atomic E-state index is -0.126. The smallest absolute Gasteiger partial charge is 0.137 e. The summed E-state index contributed by atoms with van der Waals surface area (Å²) in [7, 11) is 0. The van der Waals surface area contributed by atoms with Crippen LogP contribution in [0.2, 0.25) is 0 Å². The van der Waals surface area contributed by atoms with Crippen LogP contribution in [0.4, 0.5) is 34.1 Å². The Balaban J connectivity index is 0.937. The molecule has 0 radical (unpaired) electrons. The molecule has 1 aromatic heterocycles. The van der Waals surface area contributed by atoms with Gasteiger partial charge in [0, 0.05) is 56.4 Å². The molecule has 0 saturated heterocycles. The Morgan fingerprint density at radius 3 is 1.52 bits per heavy atom. The Morgan fingerprint density at radius 1 is 0.362 bits per heavy atom. The molecule has 0 aliphatic heterocycles. The lowest BCUT2D eigenvalue weighted by Gasteiger charge is -2.28. The largest absolute Gasteiger partial charge is 0.456 e. The second-order valence-corrected chi connectivity index (χ2v) is 15.8. The molecular weight excluding hydrogens is 705 g/mol. The van der Waals surface area contributed by atoms with Crippen molar-refractivity contribution >= 4 is 66.8 Å². The van der Waals surface area contributed by atoms with Crippen LogP contribution in [0.5, 0.6) is 0 Å². The van der Waals surface area contributed by atoms with Crippen molar-refractivity contribution in [3.05, 3.63) is 217 Å². The van der Waals surface area contributed by atoms with Crippen molar-refractivity contribution in [2.45, 2.75) is 19.3 Å². The summed E-state index contributed by atoms with van der Waals surface area (Å²) in [5.74, 6) is 0. The van der Waals surface area contributed by atoms with E-state index in [9.17, 15) is 0 Å². The van der Waals surface area contributed by atoms with Crippen molar-refractivity contribution in [1.29, 1.82) is 0 Å². The normalized spacial score (nSPS) is 12.8. The van der Waals surface area contributed by atoms with Crippen molar-refractivity contribution in [1.82, 2.24) is 0 Å². The van der Waals surface area contributed by atoms with Crippen LogP contribution >= 0.6 is 0 Å². The molecule has 3 heteroatoms. The maximum Gasteiger partial charge on any atom is 0.137 e. The van der Waals surface area contributed by atoms with Gasteiger partial charge in [0.1, 0.15) is 11.2 Å². The van der Waals surface area contributed by atoms with Gasteiger partial charge in [-0.25, -0.2) is 0 Å². The van der Waals surface area contributed by atoms with Crippen molar-refractivity contribution in [2.24, 2.45) is 0 Å². The Labute approximate surface area is 338 Å². The fraction of sp³-hybridized carbons (Fsp3) is 0.0545. The van der Waals surface area contributed by atoms with E-state index in [1.807, 2.05) is 12.1 Å². The molecule has 10 aromatic rings. The third kappa shape index (κ3) is 5.50. The zero-order valence-corrected chi connectivity index (χ0v) is 32.4. The molecule has 3 nitrogen and oxygen atoms in total. The van der Waals surface area contributed by atoms with Gasteiger partial charge in [0.05, 0.1) is 0 Å². The number of fused-ring (bicyclic) bond motifs is 8. The van der Waals surface area contributed by atoms with Crippen molar-refractivity contribution in [2.75, 3.05) is 9.80 Å². The van der Waals surface area contributed by atoms with E-state index in [0.717, 1.165) is 67.2 Å². The summed E-state index contributed by atoms with van der Waals surface area (Å²) in [6.07, 6.45) is 0. The van der Waals surface area contributed by atoms with Crippen LogP contribution in [0.3, 0.4) is 0 Å². The molecule has 0 unspecified atom stereocenters. The Bertz CT molecular complexity index is 3130. The van der Waals surface area contributed by atoms with Gasteiger partial charge >= 0.3 is 0 Å². The molecule has 58 heavy (non-hydrogen) atoms. The maximum atomic E-state index is 6.30. The lowest BCUT2D eigenvalue weighted by Crippen LogP contribution is -2.16. The van der Waals surface area contributed by atoms with Crippen LogP contribution in [0.1, 0.15) is 25.0 Å². The molecule has 0 atom stereocenters. The van der Waals surface area contributed by atoms with E-state index in [1.54, 1.807) is 0 Å². The number of anilines is 6. The van der Waals surface area contributed by atoms with Crippen LogP contribution in [0.25, 0.3) is 55.0 Å². The van der Waals surface area contributed by atoms with E-state index >= 15 is 0 Å². The Morgan fingerprint density at radius 2 is 0.862 bits per heavy atom. The van der Waals surface area contributed by atoms with Crippen molar-refractivity contribution in [3.63, 3.8) is 0 Å². The predicted octanol–water partition coefficient (Wildman–Crippen LogP) is 15.7. The minimum Gasteiger partial charge on any atom is -0.456 e. The summed E-state index contributed by atoms with van der Waals surface area (Å²) in [6.45, 7) is 4.73. The first-order valence-corrected chi connectivity index (χ1v) is 20.0. The zero-order valence-electron chi connectivity index (χ0n) is 32.4. The van der Waals surface area contributed by atoms with Crippen LogP contribution < -0.4 is 9.80 Å². The highest BCUT2D eigenvalue weighted by Crippen LogP contribution is 2.53. The van der Waals surface area contributed by atoms with Crippen LogP contribution in [0, 0.1) is 0 Å². The molecule has 11 rings (SSSR count). The van der Waals surface area contributed by atoms with Gasteiger partial charge in [-0.3, -0.25) is 0 Å². The van der Waals surface area contributed by atoms with Gasteiger partial charge in [-0.15, -0.1) is 0 Å². The predicted molar refractivity (Wildman–Crippen MR) is 244 cm³/mol. The molecule has 0 amide bonds. The first-order chi connectivity index (χ1) is 28.5. The third-order valence-corrected chi connectivity index (χ3v) is 12.0. The van der Waals surface area contributed by atoms with Gasteiger partial charge in [0.2, 0.25) is 0 Å². The quantitative estimate of drug-likeness (QED) is 0.162.